The maximum atomic E-state index is 2.52. The first kappa shape index (κ1) is 34.4. The highest BCUT2D eigenvalue weighted by atomic mass is 15.2. The van der Waals surface area contributed by atoms with Crippen molar-refractivity contribution in [3.63, 3.8) is 0 Å². The third kappa shape index (κ3) is 5.02. The van der Waals surface area contributed by atoms with Gasteiger partial charge in [-0.05, 0) is 101 Å². The Kier molecular flexibility index (Phi) is 7.58. The monoisotopic (exact) mass is 767 g/mol. The molecular formula is C57H41N3. The molecule has 12 rings (SSSR count). The third-order valence-corrected chi connectivity index (χ3v) is 12.9. The predicted octanol–water partition coefficient (Wildman–Crippen LogP) is 15.3. The van der Waals surface area contributed by atoms with Crippen molar-refractivity contribution in [2.24, 2.45) is 0 Å². The van der Waals surface area contributed by atoms with Gasteiger partial charge < -0.3 is 14.0 Å². The molecule has 3 heteroatoms. The summed E-state index contributed by atoms with van der Waals surface area (Å²) in [5, 5.41) is 4.97. The van der Waals surface area contributed by atoms with Crippen molar-refractivity contribution >= 4 is 60.7 Å². The van der Waals surface area contributed by atoms with Crippen molar-refractivity contribution in [1.82, 2.24) is 9.13 Å². The summed E-state index contributed by atoms with van der Waals surface area (Å²) in [6.07, 6.45) is 0. The number of fused-ring (bicyclic) bond motifs is 9. The molecule has 0 bridgehead atoms. The molecule has 3 nitrogen and oxygen atoms in total. The van der Waals surface area contributed by atoms with Crippen molar-refractivity contribution in [2.75, 3.05) is 4.90 Å². The molecular weight excluding hydrogens is 727 g/mol. The highest BCUT2D eigenvalue weighted by Crippen LogP contribution is 2.55. The molecule has 0 atom stereocenters. The zero-order chi connectivity index (χ0) is 40.0. The second-order valence-electron chi connectivity index (χ2n) is 16.5. The second-order valence-corrected chi connectivity index (χ2v) is 16.5. The van der Waals surface area contributed by atoms with Crippen LogP contribution in [-0.2, 0) is 5.41 Å². The molecule has 0 saturated heterocycles. The highest BCUT2D eigenvalue weighted by molar-refractivity contribution is 6.17. The van der Waals surface area contributed by atoms with Crippen molar-refractivity contribution in [3.8, 4) is 33.6 Å². The number of nitrogens with zero attached hydrogens (tertiary/aromatic N) is 3. The summed E-state index contributed by atoms with van der Waals surface area (Å²) >= 11 is 0. The summed E-state index contributed by atoms with van der Waals surface area (Å²) in [7, 11) is 0. The molecule has 0 N–H and O–H groups in total. The molecule has 0 unspecified atom stereocenters. The molecule has 11 aromatic rings. The van der Waals surface area contributed by atoms with E-state index in [2.05, 4.69) is 240 Å². The normalized spacial score (nSPS) is 13.0. The van der Waals surface area contributed by atoms with Crippen LogP contribution in [0, 0.1) is 0 Å². The topological polar surface area (TPSA) is 13.1 Å². The minimum Gasteiger partial charge on any atom is -0.309 e. The van der Waals surface area contributed by atoms with Gasteiger partial charge in [-0.3, -0.25) is 0 Å². The molecule has 2 heterocycles. The Morgan fingerprint density at radius 1 is 0.383 bits per heavy atom. The number of rotatable bonds is 6. The summed E-state index contributed by atoms with van der Waals surface area (Å²) in [4.78, 5) is 2.52. The minimum atomic E-state index is -0.131. The van der Waals surface area contributed by atoms with Gasteiger partial charge in [0.15, 0.2) is 0 Å². The van der Waals surface area contributed by atoms with Crippen molar-refractivity contribution < 1.29 is 0 Å². The van der Waals surface area contributed by atoms with Crippen LogP contribution in [-0.4, -0.2) is 9.13 Å². The zero-order valence-corrected chi connectivity index (χ0v) is 33.5. The van der Waals surface area contributed by atoms with E-state index in [1.54, 1.807) is 0 Å². The summed E-state index contributed by atoms with van der Waals surface area (Å²) in [6, 6.07) is 77.8. The molecule has 0 spiro atoms. The molecule has 60 heavy (non-hydrogen) atoms. The number of anilines is 3. The van der Waals surface area contributed by atoms with Gasteiger partial charge in [-0.2, -0.15) is 0 Å². The molecule has 284 valence electrons. The molecule has 0 fully saturated rings. The van der Waals surface area contributed by atoms with E-state index in [1.165, 1.54) is 82.7 Å². The van der Waals surface area contributed by atoms with Crippen LogP contribution >= 0.6 is 0 Å². The SMILES string of the molecule is CC1(C)c2ccccc2-c2c(N(c3ccc(-c4ccc5c6ccccc6n(-c6ccccc6)c5c4)cc3)c3cccc4c3c3ccccc3n4-c3ccccc3)cccc21. The molecule has 0 amide bonds. The molecule has 2 aromatic heterocycles. The van der Waals surface area contributed by atoms with E-state index >= 15 is 0 Å². The highest BCUT2D eigenvalue weighted by Gasteiger charge is 2.38. The fraction of sp³-hybridized carbons (Fsp3) is 0.0526. The van der Waals surface area contributed by atoms with Gasteiger partial charge in [-0.1, -0.05) is 153 Å². The van der Waals surface area contributed by atoms with Crippen molar-refractivity contribution in [3.05, 3.63) is 223 Å². The fourth-order valence-corrected chi connectivity index (χ4v) is 10.2. The first-order chi connectivity index (χ1) is 29.6. The molecule has 1 aliphatic rings. The number of aromatic nitrogens is 2. The van der Waals surface area contributed by atoms with E-state index in [-0.39, 0.29) is 5.41 Å². The van der Waals surface area contributed by atoms with Crippen LogP contribution in [0.15, 0.2) is 212 Å². The van der Waals surface area contributed by atoms with E-state index in [0.29, 0.717) is 0 Å². The molecule has 9 aromatic carbocycles. The average molecular weight is 768 g/mol. The Hall–Kier alpha value is -7.62. The molecule has 1 aliphatic carbocycles. The minimum absolute atomic E-state index is 0.131. The average Bonchev–Trinajstić information content (AvgIpc) is 3.91. The standard InChI is InChI=1S/C57H41N3/c1-57(2)47-24-12-9-22-45(47)55-48(57)25-15-28-51(55)60(53-30-16-29-52-56(53)46-23-11-14-27-50(46)58(52)40-17-5-3-6-18-40)42-34-31-38(32-35-42)39-33-36-44-43-21-10-13-26-49(43)59(54(44)37-39)41-19-7-4-8-20-41/h3-37H,1-2H3. The van der Waals surface area contributed by atoms with Crippen LogP contribution in [0.1, 0.15) is 25.0 Å². The van der Waals surface area contributed by atoms with Crippen LogP contribution in [0.2, 0.25) is 0 Å². The smallest absolute Gasteiger partial charge is 0.0562 e. The largest absolute Gasteiger partial charge is 0.309 e. The fourth-order valence-electron chi connectivity index (χ4n) is 10.2. The maximum Gasteiger partial charge on any atom is 0.0562 e. The summed E-state index contributed by atoms with van der Waals surface area (Å²) in [5.74, 6) is 0. The first-order valence-electron chi connectivity index (χ1n) is 20.9. The second kappa shape index (κ2) is 13.2. The van der Waals surface area contributed by atoms with Gasteiger partial charge in [-0.15, -0.1) is 0 Å². The van der Waals surface area contributed by atoms with Crippen LogP contribution in [0.3, 0.4) is 0 Å². The van der Waals surface area contributed by atoms with Gasteiger partial charge in [0.25, 0.3) is 0 Å². The van der Waals surface area contributed by atoms with Gasteiger partial charge >= 0.3 is 0 Å². The predicted molar refractivity (Wildman–Crippen MR) is 253 cm³/mol. The summed E-state index contributed by atoms with van der Waals surface area (Å²) < 4.78 is 4.81. The first-order valence-corrected chi connectivity index (χ1v) is 20.9. The summed E-state index contributed by atoms with van der Waals surface area (Å²) in [5.41, 5.74) is 18.1. The van der Waals surface area contributed by atoms with Gasteiger partial charge in [0, 0.05) is 49.6 Å². The van der Waals surface area contributed by atoms with E-state index in [0.717, 1.165) is 22.7 Å². The zero-order valence-electron chi connectivity index (χ0n) is 33.5. The van der Waals surface area contributed by atoms with E-state index in [9.17, 15) is 0 Å². The van der Waals surface area contributed by atoms with Crippen LogP contribution in [0.5, 0.6) is 0 Å². The number of hydrogen-bond donors (Lipinski definition) is 0. The van der Waals surface area contributed by atoms with E-state index < -0.39 is 0 Å². The third-order valence-electron chi connectivity index (χ3n) is 12.9. The van der Waals surface area contributed by atoms with E-state index in [1.807, 2.05) is 0 Å². The molecule has 0 aliphatic heterocycles. The number of para-hydroxylation sites is 4. The Morgan fingerprint density at radius 3 is 1.67 bits per heavy atom. The van der Waals surface area contributed by atoms with Gasteiger partial charge in [0.1, 0.15) is 0 Å². The lowest BCUT2D eigenvalue weighted by molar-refractivity contribution is 0.660. The van der Waals surface area contributed by atoms with Crippen LogP contribution in [0.4, 0.5) is 17.1 Å². The number of hydrogen-bond acceptors (Lipinski definition) is 1. The van der Waals surface area contributed by atoms with Crippen LogP contribution in [0.25, 0.3) is 77.2 Å². The summed E-state index contributed by atoms with van der Waals surface area (Å²) in [6.45, 7) is 4.73. The van der Waals surface area contributed by atoms with Gasteiger partial charge in [0.05, 0.1) is 33.4 Å². The van der Waals surface area contributed by atoms with E-state index in [4.69, 9.17) is 0 Å². The van der Waals surface area contributed by atoms with Gasteiger partial charge in [-0.25, -0.2) is 0 Å². The Bertz CT molecular complexity index is 3440. The van der Waals surface area contributed by atoms with Crippen LogP contribution < -0.4 is 4.90 Å². The van der Waals surface area contributed by atoms with Crippen molar-refractivity contribution in [1.29, 1.82) is 0 Å². The Morgan fingerprint density at radius 2 is 0.917 bits per heavy atom. The number of benzene rings is 9. The van der Waals surface area contributed by atoms with Crippen molar-refractivity contribution in [2.45, 2.75) is 19.3 Å². The lowest BCUT2D eigenvalue weighted by Gasteiger charge is -2.29. The lowest BCUT2D eigenvalue weighted by Crippen LogP contribution is -2.16. The lowest BCUT2D eigenvalue weighted by atomic mass is 9.82. The maximum absolute atomic E-state index is 2.52. The molecule has 0 saturated carbocycles. The quantitative estimate of drug-likeness (QED) is 0.164. The Balaban J connectivity index is 1.08. The van der Waals surface area contributed by atoms with Gasteiger partial charge in [0.2, 0.25) is 0 Å². The Labute approximate surface area is 349 Å². The molecule has 0 radical (unpaired) electrons.